The van der Waals surface area contributed by atoms with Crippen LogP contribution in [0.25, 0.3) is 0 Å². The quantitative estimate of drug-likeness (QED) is 0.693. The summed E-state index contributed by atoms with van der Waals surface area (Å²) in [6, 6.07) is 2.86. The summed E-state index contributed by atoms with van der Waals surface area (Å²) in [5.74, 6) is 0.116. The first-order chi connectivity index (χ1) is 5.65. The number of halogens is 2. The third kappa shape index (κ3) is 1.89. The smallest absolute Gasteiger partial charge is 0.145 e. The van der Waals surface area contributed by atoms with E-state index in [4.69, 9.17) is 16.3 Å². The SMILES string of the molecule is CCOc1cc(F)c(Cl)cc1C. The fraction of sp³-hybridized carbons (Fsp3) is 0.333. The molecule has 0 bridgehead atoms. The first-order valence-electron chi connectivity index (χ1n) is 3.73. The van der Waals surface area contributed by atoms with Crippen LogP contribution in [-0.4, -0.2) is 6.61 Å². The molecule has 0 N–H and O–H groups in total. The highest BCUT2D eigenvalue weighted by Crippen LogP contribution is 2.25. The van der Waals surface area contributed by atoms with Crippen molar-refractivity contribution in [3.63, 3.8) is 0 Å². The van der Waals surface area contributed by atoms with Gasteiger partial charge in [-0.2, -0.15) is 0 Å². The molecule has 3 heteroatoms. The van der Waals surface area contributed by atoms with Crippen LogP contribution >= 0.6 is 11.6 Å². The first-order valence-corrected chi connectivity index (χ1v) is 4.11. The Kier molecular flexibility index (Phi) is 2.93. The number of hydrogen-bond acceptors (Lipinski definition) is 1. The largest absolute Gasteiger partial charge is 0.493 e. The first kappa shape index (κ1) is 9.33. The summed E-state index contributed by atoms with van der Waals surface area (Å²) in [6.45, 7) is 4.21. The average molecular weight is 189 g/mol. The Bertz CT molecular complexity index is 286. The van der Waals surface area contributed by atoms with Crippen LogP contribution in [0.3, 0.4) is 0 Å². The van der Waals surface area contributed by atoms with Gasteiger partial charge in [-0.25, -0.2) is 4.39 Å². The van der Waals surface area contributed by atoms with E-state index in [0.29, 0.717) is 12.4 Å². The summed E-state index contributed by atoms with van der Waals surface area (Å²) in [4.78, 5) is 0. The fourth-order valence-corrected chi connectivity index (χ4v) is 1.16. The van der Waals surface area contributed by atoms with Crippen LogP contribution in [0, 0.1) is 12.7 Å². The van der Waals surface area contributed by atoms with Crippen LogP contribution in [0.4, 0.5) is 4.39 Å². The van der Waals surface area contributed by atoms with Gasteiger partial charge in [0.05, 0.1) is 11.6 Å². The van der Waals surface area contributed by atoms with E-state index in [-0.39, 0.29) is 5.02 Å². The molecule has 66 valence electrons. The van der Waals surface area contributed by atoms with Gasteiger partial charge in [0.25, 0.3) is 0 Å². The van der Waals surface area contributed by atoms with Crippen LogP contribution in [0.1, 0.15) is 12.5 Å². The fourth-order valence-electron chi connectivity index (χ4n) is 0.939. The van der Waals surface area contributed by atoms with Gasteiger partial charge in [0.1, 0.15) is 11.6 Å². The van der Waals surface area contributed by atoms with Crippen molar-refractivity contribution in [3.05, 3.63) is 28.5 Å². The number of aryl methyl sites for hydroxylation is 1. The zero-order chi connectivity index (χ0) is 9.14. The monoisotopic (exact) mass is 188 g/mol. The zero-order valence-electron chi connectivity index (χ0n) is 7.03. The zero-order valence-corrected chi connectivity index (χ0v) is 7.78. The van der Waals surface area contributed by atoms with E-state index in [1.165, 1.54) is 6.07 Å². The molecule has 0 saturated heterocycles. The summed E-state index contributed by atoms with van der Waals surface area (Å²) in [6.07, 6.45) is 0. The predicted molar refractivity (Wildman–Crippen MR) is 47.3 cm³/mol. The van der Waals surface area contributed by atoms with E-state index in [2.05, 4.69) is 0 Å². The minimum atomic E-state index is -0.439. The van der Waals surface area contributed by atoms with Crippen LogP contribution in [0.15, 0.2) is 12.1 Å². The molecule has 0 heterocycles. The van der Waals surface area contributed by atoms with E-state index in [1.807, 2.05) is 13.8 Å². The van der Waals surface area contributed by atoms with Crippen molar-refractivity contribution in [1.82, 2.24) is 0 Å². The minimum absolute atomic E-state index is 0.135. The summed E-state index contributed by atoms with van der Waals surface area (Å²) in [5, 5.41) is 0.135. The molecule has 0 atom stereocenters. The van der Waals surface area contributed by atoms with Gasteiger partial charge in [0.2, 0.25) is 0 Å². The lowest BCUT2D eigenvalue weighted by Gasteiger charge is -2.07. The molecule has 12 heavy (non-hydrogen) atoms. The predicted octanol–water partition coefficient (Wildman–Crippen LogP) is 3.19. The molecule has 0 aliphatic carbocycles. The van der Waals surface area contributed by atoms with E-state index in [0.717, 1.165) is 5.56 Å². The number of ether oxygens (including phenoxy) is 1. The molecular weight excluding hydrogens is 179 g/mol. The highest BCUT2D eigenvalue weighted by Gasteiger charge is 2.05. The van der Waals surface area contributed by atoms with Gasteiger partial charge < -0.3 is 4.74 Å². The number of benzene rings is 1. The Labute approximate surface area is 76.1 Å². The van der Waals surface area contributed by atoms with Crippen LogP contribution in [0.5, 0.6) is 5.75 Å². The molecule has 0 aromatic heterocycles. The Morgan fingerprint density at radius 1 is 1.50 bits per heavy atom. The van der Waals surface area contributed by atoms with Gasteiger partial charge in [-0.1, -0.05) is 11.6 Å². The summed E-state index contributed by atoms with van der Waals surface area (Å²) >= 11 is 5.56. The standard InChI is InChI=1S/C9H10ClFO/c1-3-12-9-5-8(11)7(10)4-6(9)2/h4-5H,3H2,1-2H3. The normalized spacial score (nSPS) is 10.0. The van der Waals surface area contributed by atoms with Crippen molar-refractivity contribution in [2.45, 2.75) is 13.8 Å². The third-order valence-corrected chi connectivity index (χ3v) is 1.81. The third-order valence-electron chi connectivity index (χ3n) is 1.52. The Morgan fingerprint density at radius 3 is 2.75 bits per heavy atom. The van der Waals surface area contributed by atoms with Gasteiger partial charge in [-0.3, -0.25) is 0 Å². The number of hydrogen-bond donors (Lipinski definition) is 0. The van der Waals surface area contributed by atoms with Crippen molar-refractivity contribution < 1.29 is 9.13 Å². The summed E-state index contributed by atoms with van der Waals surface area (Å²) in [5.41, 5.74) is 0.850. The highest BCUT2D eigenvalue weighted by molar-refractivity contribution is 6.30. The molecule has 0 aliphatic rings. The van der Waals surface area contributed by atoms with Crippen molar-refractivity contribution in [2.24, 2.45) is 0 Å². The maximum atomic E-state index is 12.9. The van der Waals surface area contributed by atoms with Crippen molar-refractivity contribution in [1.29, 1.82) is 0 Å². The molecule has 1 aromatic rings. The second-order valence-corrected chi connectivity index (χ2v) is 2.87. The topological polar surface area (TPSA) is 9.23 Å². The van der Waals surface area contributed by atoms with Gasteiger partial charge in [0.15, 0.2) is 0 Å². The molecule has 0 amide bonds. The molecule has 1 nitrogen and oxygen atoms in total. The molecule has 0 fully saturated rings. The molecule has 0 saturated carbocycles. The summed E-state index contributed by atoms with van der Waals surface area (Å²) in [7, 11) is 0. The van der Waals surface area contributed by atoms with E-state index < -0.39 is 5.82 Å². The molecular formula is C9H10ClFO. The van der Waals surface area contributed by atoms with Crippen molar-refractivity contribution in [3.8, 4) is 5.75 Å². The van der Waals surface area contributed by atoms with E-state index in [9.17, 15) is 4.39 Å². The maximum absolute atomic E-state index is 12.9. The lowest BCUT2D eigenvalue weighted by Crippen LogP contribution is -1.94. The van der Waals surface area contributed by atoms with Crippen LogP contribution < -0.4 is 4.74 Å². The summed E-state index contributed by atoms with van der Waals surface area (Å²) < 4.78 is 18.0. The minimum Gasteiger partial charge on any atom is -0.493 e. The van der Waals surface area contributed by atoms with Gasteiger partial charge >= 0.3 is 0 Å². The molecule has 0 radical (unpaired) electrons. The highest BCUT2D eigenvalue weighted by atomic mass is 35.5. The van der Waals surface area contributed by atoms with Crippen LogP contribution in [-0.2, 0) is 0 Å². The lowest BCUT2D eigenvalue weighted by atomic mass is 10.2. The molecule has 0 unspecified atom stereocenters. The lowest BCUT2D eigenvalue weighted by molar-refractivity contribution is 0.336. The Balaban J connectivity index is 3.05. The number of rotatable bonds is 2. The van der Waals surface area contributed by atoms with Gasteiger partial charge in [-0.05, 0) is 25.5 Å². The van der Waals surface area contributed by atoms with E-state index >= 15 is 0 Å². The average Bonchev–Trinajstić information content (AvgIpc) is 2.01. The second kappa shape index (κ2) is 3.76. The molecule has 0 spiro atoms. The van der Waals surface area contributed by atoms with Gasteiger partial charge in [0, 0.05) is 6.07 Å². The molecule has 0 aliphatic heterocycles. The second-order valence-electron chi connectivity index (χ2n) is 2.46. The Morgan fingerprint density at radius 2 is 2.17 bits per heavy atom. The molecule has 1 rings (SSSR count). The van der Waals surface area contributed by atoms with Crippen LogP contribution in [0.2, 0.25) is 5.02 Å². The molecule has 1 aromatic carbocycles. The van der Waals surface area contributed by atoms with Gasteiger partial charge in [-0.15, -0.1) is 0 Å². The van der Waals surface area contributed by atoms with Crippen molar-refractivity contribution >= 4 is 11.6 Å². The maximum Gasteiger partial charge on any atom is 0.145 e. The van der Waals surface area contributed by atoms with E-state index in [1.54, 1.807) is 6.07 Å². The van der Waals surface area contributed by atoms with Crippen molar-refractivity contribution in [2.75, 3.05) is 6.61 Å². The Hall–Kier alpha value is -0.760.